The van der Waals surface area contributed by atoms with Gasteiger partial charge in [-0.1, -0.05) is 60.7 Å². The van der Waals surface area contributed by atoms with E-state index in [1.165, 1.54) is 62.7 Å². The minimum absolute atomic E-state index is 0.152. The summed E-state index contributed by atoms with van der Waals surface area (Å²) in [5.41, 5.74) is 9.64. The van der Waals surface area contributed by atoms with E-state index in [2.05, 4.69) is 65.6 Å². The number of benzene rings is 2. The van der Waals surface area contributed by atoms with E-state index in [0.717, 1.165) is 6.54 Å². The van der Waals surface area contributed by atoms with Gasteiger partial charge >= 0.3 is 0 Å². The Balaban J connectivity index is 1.66. The largest absolute Gasteiger partial charge is 0.330 e. The maximum absolute atomic E-state index is 6.34. The third-order valence-electron chi connectivity index (χ3n) is 6.83. The van der Waals surface area contributed by atoms with Gasteiger partial charge in [-0.05, 0) is 62.7 Å². The molecule has 2 aromatic carbocycles. The van der Waals surface area contributed by atoms with Crippen molar-refractivity contribution in [2.75, 3.05) is 19.6 Å². The van der Waals surface area contributed by atoms with Crippen molar-refractivity contribution in [3.05, 3.63) is 71.8 Å². The van der Waals surface area contributed by atoms with Crippen LogP contribution >= 0.6 is 0 Å². The van der Waals surface area contributed by atoms with Crippen molar-refractivity contribution in [1.82, 2.24) is 4.90 Å². The Morgan fingerprint density at radius 2 is 1.24 bits per heavy atom. The highest BCUT2D eigenvalue weighted by atomic mass is 15.2. The van der Waals surface area contributed by atoms with Crippen molar-refractivity contribution in [2.45, 2.75) is 49.5 Å². The van der Waals surface area contributed by atoms with E-state index in [0.29, 0.717) is 0 Å². The predicted molar refractivity (Wildman–Crippen MR) is 105 cm³/mol. The molecule has 1 saturated heterocycles. The first-order valence-electron chi connectivity index (χ1n) is 9.85. The fourth-order valence-electron chi connectivity index (χ4n) is 5.23. The van der Waals surface area contributed by atoms with Crippen molar-refractivity contribution in [3.8, 4) is 0 Å². The van der Waals surface area contributed by atoms with Crippen LogP contribution in [0.5, 0.6) is 0 Å². The summed E-state index contributed by atoms with van der Waals surface area (Å²) in [6.07, 6.45) is 7.47. The number of likely N-dealkylation sites (tertiary alicyclic amines) is 1. The molecule has 0 aromatic heterocycles. The summed E-state index contributed by atoms with van der Waals surface area (Å²) in [6, 6.07) is 22.2. The second kappa shape index (κ2) is 6.93. The first kappa shape index (κ1) is 16.8. The first-order chi connectivity index (χ1) is 12.3. The predicted octanol–water partition coefficient (Wildman–Crippen LogP) is 4.45. The van der Waals surface area contributed by atoms with Crippen molar-refractivity contribution in [3.63, 3.8) is 0 Å². The second-order valence-corrected chi connectivity index (χ2v) is 7.94. The maximum atomic E-state index is 6.34. The van der Waals surface area contributed by atoms with Crippen LogP contribution in [0, 0.1) is 0 Å². The molecule has 0 unspecified atom stereocenters. The molecule has 2 heteroatoms. The van der Waals surface area contributed by atoms with Gasteiger partial charge in [0, 0.05) is 17.5 Å². The lowest BCUT2D eigenvalue weighted by Gasteiger charge is -2.51. The number of nitrogens with zero attached hydrogens (tertiary/aromatic N) is 1. The monoisotopic (exact) mass is 334 g/mol. The lowest BCUT2D eigenvalue weighted by Crippen LogP contribution is -2.51. The van der Waals surface area contributed by atoms with Gasteiger partial charge in [0.1, 0.15) is 0 Å². The molecule has 0 atom stereocenters. The van der Waals surface area contributed by atoms with E-state index in [1.807, 2.05) is 0 Å². The molecule has 0 amide bonds. The minimum atomic E-state index is 0.152. The Kier molecular flexibility index (Phi) is 4.66. The number of rotatable bonds is 4. The second-order valence-electron chi connectivity index (χ2n) is 7.94. The summed E-state index contributed by atoms with van der Waals surface area (Å²) in [5.74, 6) is 0. The Labute approximate surface area is 152 Å². The van der Waals surface area contributed by atoms with Crippen LogP contribution in [0.2, 0.25) is 0 Å². The summed E-state index contributed by atoms with van der Waals surface area (Å²) in [5, 5.41) is 0. The van der Waals surface area contributed by atoms with E-state index in [-0.39, 0.29) is 11.0 Å². The summed E-state index contributed by atoms with van der Waals surface area (Å²) < 4.78 is 0. The fraction of sp³-hybridized carbons (Fsp3) is 0.478. The molecular formula is C23H30N2. The van der Waals surface area contributed by atoms with Crippen molar-refractivity contribution in [2.24, 2.45) is 5.73 Å². The minimum Gasteiger partial charge on any atom is -0.330 e. The molecule has 132 valence electrons. The number of hydrogen-bond donors (Lipinski definition) is 1. The van der Waals surface area contributed by atoms with Gasteiger partial charge in [0.2, 0.25) is 0 Å². The summed E-state index contributed by atoms with van der Waals surface area (Å²) in [4.78, 5) is 2.77. The Morgan fingerprint density at radius 3 is 1.76 bits per heavy atom. The summed E-state index contributed by atoms with van der Waals surface area (Å²) >= 11 is 0. The highest BCUT2D eigenvalue weighted by Gasteiger charge is 2.47. The molecule has 2 aromatic rings. The lowest BCUT2D eigenvalue weighted by atomic mass is 9.62. The van der Waals surface area contributed by atoms with Crippen LogP contribution in [0.3, 0.4) is 0 Å². The molecule has 25 heavy (non-hydrogen) atoms. The van der Waals surface area contributed by atoms with Crippen LogP contribution in [0.4, 0.5) is 0 Å². The van der Waals surface area contributed by atoms with Crippen LogP contribution in [0.1, 0.15) is 49.7 Å². The van der Waals surface area contributed by atoms with Crippen LogP contribution in [0.25, 0.3) is 0 Å². The fourth-order valence-corrected chi connectivity index (χ4v) is 5.23. The van der Waals surface area contributed by atoms with Crippen LogP contribution < -0.4 is 5.73 Å². The van der Waals surface area contributed by atoms with E-state index < -0.39 is 0 Å². The molecule has 0 radical (unpaired) electrons. The molecule has 0 bridgehead atoms. The zero-order valence-electron chi connectivity index (χ0n) is 15.2. The van der Waals surface area contributed by atoms with Gasteiger partial charge < -0.3 is 5.73 Å². The Bertz CT molecular complexity index is 666. The van der Waals surface area contributed by atoms with E-state index in [1.54, 1.807) is 0 Å². The molecule has 0 spiro atoms. The quantitative estimate of drug-likeness (QED) is 0.895. The molecular weight excluding hydrogens is 304 g/mol. The van der Waals surface area contributed by atoms with Crippen LogP contribution in [-0.2, 0) is 11.0 Å². The number of nitrogens with two attached hydrogens (primary N) is 1. The standard InChI is InChI=1S/C23H30N2/c24-19-22(20-9-3-1-4-10-20)13-15-23(16-14-22,25-17-7-8-18-25)21-11-5-2-6-12-21/h1-6,9-12H,7-8,13-19,24H2. The maximum Gasteiger partial charge on any atom is 0.0461 e. The topological polar surface area (TPSA) is 29.3 Å². The van der Waals surface area contributed by atoms with Crippen LogP contribution in [-0.4, -0.2) is 24.5 Å². The van der Waals surface area contributed by atoms with Gasteiger partial charge in [-0.25, -0.2) is 0 Å². The zero-order valence-corrected chi connectivity index (χ0v) is 15.2. The van der Waals surface area contributed by atoms with E-state index in [9.17, 15) is 0 Å². The van der Waals surface area contributed by atoms with Gasteiger partial charge in [0.05, 0.1) is 0 Å². The SMILES string of the molecule is NCC1(c2ccccc2)CCC(c2ccccc2)(N2CCCC2)CC1. The van der Waals surface area contributed by atoms with E-state index >= 15 is 0 Å². The van der Waals surface area contributed by atoms with Gasteiger partial charge in [0.25, 0.3) is 0 Å². The first-order valence-corrected chi connectivity index (χ1v) is 9.85. The smallest absolute Gasteiger partial charge is 0.0461 e. The zero-order chi connectivity index (χ0) is 17.2. The summed E-state index contributed by atoms with van der Waals surface area (Å²) in [7, 11) is 0. The van der Waals surface area contributed by atoms with Crippen LogP contribution in [0.15, 0.2) is 60.7 Å². The third kappa shape index (κ3) is 2.92. The van der Waals surface area contributed by atoms with Crippen molar-refractivity contribution < 1.29 is 0 Å². The molecule has 2 N–H and O–H groups in total. The highest BCUT2D eigenvalue weighted by molar-refractivity contribution is 5.31. The molecule has 2 nitrogen and oxygen atoms in total. The Hall–Kier alpha value is -1.64. The summed E-state index contributed by atoms with van der Waals surface area (Å²) in [6.45, 7) is 3.24. The molecule has 1 aliphatic carbocycles. The van der Waals surface area contributed by atoms with Gasteiger partial charge in [-0.3, -0.25) is 4.90 Å². The molecule has 1 heterocycles. The average molecular weight is 335 g/mol. The normalized spacial score (nSPS) is 30.4. The van der Waals surface area contributed by atoms with Gasteiger partial charge in [0.15, 0.2) is 0 Å². The Morgan fingerprint density at radius 1 is 0.720 bits per heavy atom. The molecule has 1 aliphatic heterocycles. The molecule has 4 rings (SSSR count). The van der Waals surface area contributed by atoms with Crippen molar-refractivity contribution in [1.29, 1.82) is 0 Å². The lowest BCUT2D eigenvalue weighted by molar-refractivity contribution is 0.0441. The average Bonchev–Trinajstić information content (AvgIpc) is 3.25. The van der Waals surface area contributed by atoms with Crippen molar-refractivity contribution >= 4 is 0 Å². The third-order valence-corrected chi connectivity index (χ3v) is 6.83. The molecule has 1 saturated carbocycles. The van der Waals surface area contributed by atoms with E-state index in [4.69, 9.17) is 5.73 Å². The highest BCUT2D eigenvalue weighted by Crippen LogP contribution is 2.50. The number of hydrogen-bond acceptors (Lipinski definition) is 2. The molecule has 2 fully saturated rings. The van der Waals surface area contributed by atoms with Gasteiger partial charge in [-0.15, -0.1) is 0 Å². The van der Waals surface area contributed by atoms with Gasteiger partial charge in [-0.2, -0.15) is 0 Å². The molecule has 2 aliphatic rings.